The van der Waals surface area contributed by atoms with Crippen LogP contribution in [-0.4, -0.2) is 22.4 Å². The van der Waals surface area contributed by atoms with Crippen LogP contribution in [0.1, 0.15) is 11.1 Å². The second-order valence-electron chi connectivity index (χ2n) is 7.40. The molecular weight excluding hydrogens is 451 g/mol. The molecule has 0 bridgehead atoms. The maximum absolute atomic E-state index is 13.4. The minimum atomic E-state index is -0.781. The van der Waals surface area contributed by atoms with Crippen LogP contribution in [0.5, 0.6) is 17.4 Å². The molecule has 2 heterocycles. The van der Waals surface area contributed by atoms with Gasteiger partial charge in [0.2, 0.25) is 5.88 Å². The molecule has 8 nitrogen and oxygen atoms in total. The highest BCUT2D eigenvalue weighted by atomic mass is 19.1. The smallest absolute Gasteiger partial charge is 0.269 e. The average Bonchev–Trinajstić information content (AvgIpc) is 2.86. The van der Waals surface area contributed by atoms with Crippen molar-refractivity contribution in [2.24, 2.45) is 0 Å². The summed E-state index contributed by atoms with van der Waals surface area (Å²) in [7, 11) is 1.48. The third kappa shape index (κ3) is 4.86. The molecule has 0 fully saturated rings. The van der Waals surface area contributed by atoms with Gasteiger partial charge in [-0.3, -0.25) is 14.0 Å². The van der Waals surface area contributed by atoms with Crippen molar-refractivity contribution in [2.75, 3.05) is 12.4 Å². The molecule has 0 aliphatic rings. The van der Waals surface area contributed by atoms with Crippen LogP contribution >= 0.6 is 0 Å². The van der Waals surface area contributed by atoms with E-state index in [0.29, 0.717) is 17.1 Å². The minimum absolute atomic E-state index is 0.101. The normalized spacial score (nSPS) is 11.1. The molecule has 4 rings (SSSR count). The van der Waals surface area contributed by atoms with E-state index in [-0.39, 0.29) is 22.7 Å². The Kier molecular flexibility index (Phi) is 6.55. The largest absolute Gasteiger partial charge is 0.493 e. The molecule has 0 aliphatic carbocycles. The number of fused-ring (bicyclic) bond motifs is 1. The van der Waals surface area contributed by atoms with Gasteiger partial charge in [0.15, 0.2) is 11.5 Å². The van der Waals surface area contributed by atoms with Crippen molar-refractivity contribution in [3.63, 3.8) is 0 Å². The number of aromatic nitrogens is 2. The molecule has 174 valence electrons. The van der Waals surface area contributed by atoms with Crippen LogP contribution in [0.2, 0.25) is 0 Å². The Morgan fingerprint density at radius 3 is 2.51 bits per heavy atom. The lowest BCUT2D eigenvalue weighted by Gasteiger charge is -2.13. The monoisotopic (exact) mass is 470 g/mol. The zero-order chi connectivity index (χ0) is 24.9. The molecule has 1 amide bonds. The number of para-hydroxylation sites is 2. The van der Waals surface area contributed by atoms with Gasteiger partial charge in [-0.05, 0) is 61.0 Å². The Labute approximate surface area is 199 Å². The number of benzene rings is 2. The Morgan fingerprint density at radius 1 is 1.11 bits per heavy atom. The highest BCUT2D eigenvalue weighted by molar-refractivity contribution is 6.09. The van der Waals surface area contributed by atoms with Gasteiger partial charge < -0.3 is 14.8 Å². The van der Waals surface area contributed by atoms with Crippen molar-refractivity contribution in [1.29, 1.82) is 5.26 Å². The third-order valence-corrected chi connectivity index (χ3v) is 5.08. The molecule has 0 atom stereocenters. The standard InChI is InChI=1S/C26H19FN4O4/c1-16-6-5-13-31-23(16)30-25(35-22-8-4-3-7-21(22)34-2)20(26(31)33)14-17(15-28)24(32)29-19-11-9-18(27)10-12-19/h3-14H,1-2H3,(H,29,32)/b17-14-. The predicted molar refractivity (Wildman–Crippen MR) is 128 cm³/mol. The molecule has 2 aromatic heterocycles. The molecule has 1 N–H and O–H groups in total. The van der Waals surface area contributed by atoms with Gasteiger partial charge in [0.25, 0.3) is 11.5 Å². The van der Waals surface area contributed by atoms with E-state index in [4.69, 9.17) is 9.47 Å². The number of pyridine rings is 1. The number of carbonyl (C=O) groups excluding carboxylic acids is 1. The molecule has 2 aromatic carbocycles. The predicted octanol–water partition coefficient (Wildman–Crippen LogP) is 4.49. The van der Waals surface area contributed by atoms with Gasteiger partial charge in [-0.1, -0.05) is 18.2 Å². The van der Waals surface area contributed by atoms with E-state index >= 15 is 0 Å². The first-order chi connectivity index (χ1) is 16.9. The molecule has 0 saturated heterocycles. The molecule has 4 aromatic rings. The second kappa shape index (κ2) is 9.89. The molecular formula is C26H19FN4O4. The lowest BCUT2D eigenvalue weighted by molar-refractivity contribution is -0.112. The van der Waals surface area contributed by atoms with E-state index in [1.54, 1.807) is 49.4 Å². The maximum atomic E-state index is 13.4. The third-order valence-electron chi connectivity index (χ3n) is 5.08. The van der Waals surface area contributed by atoms with E-state index in [2.05, 4.69) is 10.3 Å². The summed E-state index contributed by atoms with van der Waals surface area (Å²) in [6, 6.07) is 17.1. The summed E-state index contributed by atoms with van der Waals surface area (Å²) in [5.74, 6) is -0.650. The number of hydrogen-bond acceptors (Lipinski definition) is 6. The fourth-order valence-electron chi connectivity index (χ4n) is 3.33. The number of nitriles is 1. The summed E-state index contributed by atoms with van der Waals surface area (Å²) in [6.45, 7) is 1.79. The van der Waals surface area contributed by atoms with Gasteiger partial charge >= 0.3 is 0 Å². The van der Waals surface area contributed by atoms with E-state index in [1.807, 2.05) is 0 Å². The molecule has 35 heavy (non-hydrogen) atoms. The molecule has 0 saturated carbocycles. The quantitative estimate of drug-likeness (QED) is 0.329. The molecule has 0 radical (unpaired) electrons. The summed E-state index contributed by atoms with van der Waals surface area (Å²) in [4.78, 5) is 30.7. The first-order valence-corrected chi connectivity index (χ1v) is 10.4. The summed E-state index contributed by atoms with van der Waals surface area (Å²) in [6.07, 6.45) is 2.65. The number of hydrogen-bond donors (Lipinski definition) is 1. The number of nitrogens with one attached hydrogen (secondary N) is 1. The number of halogens is 1. The van der Waals surface area contributed by atoms with Gasteiger partial charge in [0, 0.05) is 11.9 Å². The fraction of sp³-hybridized carbons (Fsp3) is 0.0769. The Balaban J connectivity index is 1.84. The number of aryl methyl sites for hydroxylation is 1. The van der Waals surface area contributed by atoms with Crippen molar-refractivity contribution < 1.29 is 18.7 Å². The zero-order valence-corrected chi connectivity index (χ0v) is 18.8. The van der Waals surface area contributed by atoms with Gasteiger partial charge in [0.1, 0.15) is 28.7 Å². The summed E-state index contributed by atoms with van der Waals surface area (Å²) in [5.41, 5.74) is 0.349. The fourth-order valence-corrected chi connectivity index (χ4v) is 3.33. The average molecular weight is 470 g/mol. The molecule has 0 aliphatic heterocycles. The van der Waals surface area contributed by atoms with Crippen molar-refractivity contribution >= 4 is 23.3 Å². The van der Waals surface area contributed by atoms with E-state index in [9.17, 15) is 19.2 Å². The molecule has 0 spiro atoms. The summed E-state index contributed by atoms with van der Waals surface area (Å²) < 4.78 is 25.8. The number of carbonyl (C=O) groups is 1. The highest BCUT2D eigenvalue weighted by Gasteiger charge is 2.19. The Hall–Kier alpha value is -4.97. The van der Waals surface area contributed by atoms with E-state index in [1.165, 1.54) is 42.0 Å². The van der Waals surface area contributed by atoms with Crippen molar-refractivity contribution in [3.05, 3.63) is 99.7 Å². The van der Waals surface area contributed by atoms with Crippen LogP contribution in [0.4, 0.5) is 10.1 Å². The van der Waals surface area contributed by atoms with Gasteiger partial charge in [-0.2, -0.15) is 10.2 Å². The van der Waals surface area contributed by atoms with Gasteiger partial charge in [-0.15, -0.1) is 0 Å². The Morgan fingerprint density at radius 2 is 1.83 bits per heavy atom. The van der Waals surface area contributed by atoms with Gasteiger partial charge in [0.05, 0.1) is 7.11 Å². The number of amides is 1. The van der Waals surface area contributed by atoms with Crippen molar-refractivity contribution in [2.45, 2.75) is 6.92 Å². The Bertz CT molecular complexity index is 1550. The highest BCUT2D eigenvalue weighted by Crippen LogP contribution is 2.32. The number of ether oxygens (including phenoxy) is 2. The number of anilines is 1. The molecule has 9 heteroatoms. The first-order valence-electron chi connectivity index (χ1n) is 10.4. The summed E-state index contributed by atoms with van der Waals surface area (Å²) in [5, 5.41) is 12.2. The van der Waals surface area contributed by atoms with Crippen LogP contribution in [0.3, 0.4) is 0 Å². The van der Waals surface area contributed by atoms with Crippen LogP contribution in [0.25, 0.3) is 11.7 Å². The van der Waals surface area contributed by atoms with Crippen LogP contribution in [0.15, 0.2) is 77.2 Å². The van der Waals surface area contributed by atoms with E-state index in [0.717, 1.165) is 11.6 Å². The van der Waals surface area contributed by atoms with E-state index < -0.39 is 17.3 Å². The van der Waals surface area contributed by atoms with Crippen LogP contribution < -0.4 is 20.3 Å². The number of rotatable bonds is 6. The van der Waals surface area contributed by atoms with Crippen LogP contribution in [0, 0.1) is 24.1 Å². The van der Waals surface area contributed by atoms with Crippen LogP contribution in [-0.2, 0) is 4.79 Å². The lowest BCUT2D eigenvalue weighted by Crippen LogP contribution is -2.20. The number of methoxy groups -OCH3 is 1. The van der Waals surface area contributed by atoms with Crippen molar-refractivity contribution in [3.8, 4) is 23.4 Å². The second-order valence-corrected chi connectivity index (χ2v) is 7.40. The first kappa shape index (κ1) is 23.2. The molecule has 0 unspecified atom stereocenters. The lowest BCUT2D eigenvalue weighted by atomic mass is 10.1. The topological polar surface area (TPSA) is 106 Å². The van der Waals surface area contributed by atoms with Crippen molar-refractivity contribution in [1.82, 2.24) is 9.38 Å². The SMILES string of the molecule is COc1ccccc1Oc1nc2c(C)cccn2c(=O)c1/C=C(/C#N)C(=O)Nc1ccc(F)cc1. The van der Waals surface area contributed by atoms with Gasteiger partial charge in [-0.25, -0.2) is 4.39 Å². The maximum Gasteiger partial charge on any atom is 0.269 e. The zero-order valence-electron chi connectivity index (χ0n) is 18.8. The summed E-state index contributed by atoms with van der Waals surface area (Å²) >= 11 is 0. The minimum Gasteiger partial charge on any atom is -0.493 e. The number of nitrogens with zero attached hydrogens (tertiary/aromatic N) is 3.